The number of nitrogens with zero attached hydrogens (tertiary/aromatic N) is 1. The largest absolute Gasteiger partial charge is 0.493 e. The lowest BCUT2D eigenvalue weighted by molar-refractivity contribution is -0.136. The highest BCUT2D eigenvalue weighted by atomic mass is 32.2. The van der Waals surface area contributed by atoms with E-state index in [-0.39, 0.29) is 6.42 Å². The molecule has 1 heterocycles. The number of benzene rings is 1. The van der Waals surface area contributed by atoms with Gasteiger partial charge in [-0.1, -0.05) is 25.5 Å². The van der Waals surface area contributed by atoms with Gasteiger partial charge in [0.1, 0.15) is 5.75 Å². The van der Waals surface area contributed by atoms with E-state index in [0.717, 1.165) is 42.8 Å². The third-order valence-corrected chi connectivity index (χ3v) is 5.18. The van der Waals surface area contributed by atoms with E-state index in [1.807, 2.05) is 18.2 Å². The fraction of sp³-hybridized carbons (Fsp3) is 0.588. The first-order valence-corrected chi connectivity index (χ1v) is 9.61. The number of rotatable bonds is 8. The smallest absolute Gasteiger partial charge is 0.307 e. The van der Waals surface area contributed by atoms with E-state index < -0.39 is 16.8 Å². The normalized spacial score (nSPS) is 16.4. The summed E-state index contributed by atoms with van der Waals surface area (Å²) < 4.78 is 17.3. The number of carboxylic acid groups (broad SMARTS) is 1. The predicted octanol–water partition coefficient (Wildman–Crippen LogP) is 2.06. The van der Waals surface area contributed by atoms with Crippen LogP contribution in [0, 0.1) is 0 Å². The van der Waals surface area contributed by atoms with Gasteiger partial charge in [-0.3, -0.25) is 13.9 Å². The van der Waals surface area contributed by atoms with Gasteiger partial charge in [-0.15, -0.1) is 0 Å². The summed E-state index contributed by atoms with van der Waals surface area (Å²) in [6, 6.07) is 5.64. The van der Waals surface area contributed by atoms with E-state index >= 15 is 0 Å². The lowest BCUT2D eigenvalue weighted by Gasteiger charge is -2.27. The van der Waals surface area contributed by atoms with Crippen molar-refractivity contribution in [3.8, 4) is 5.75 Å². The molecule has 6 heteroatoms. The molecule has 0 aromatic heterocycles. The number of unbranched alkanes of at least 4 members (excludes halogenated alkanes) is 1. The Morgan fingerprint density at radius 1 is 1.35 bits per heavy atom. The molecule has 0 saturated carbocycles. The number of carboxylic acids is 1. The topological polar surface area (TPSA) is 66.8 Å². The van der Waals surface area contributed by atoms with Crippen molar-refractivity contribution in [1.82, 2.24) is 4.90 Å². The first-order chi connectivity index (χ1) is 11.1. The Bertz CT molecular complexity index is 552. The van der Waals surface area contributed by atoms with Crippen molar-refractivity contribution in [3.63, 3.8) is 0 Å². The fourth-order valence-corrected chi connectivity index (χ4v) is 3.71. The summed E-state index contributed by atoms with van der Waals surface area (Å²) in [6.45, 7) is 5.13. The Morgan fingerprint density at radius 3 is 2.74 bits per heavy atom. The van der Waals surface area contributed by atoms with Gasteiger partial charge in [0, 0.05) is 47.5 Å². The summed E-state index contributed by atoms with van der Waals surface area (Å²) in [4.78, 5) is 13.2. The molecule has 5 nitrogen and oxygen atoms in total. The molecule has 0 unspecified atom stereocenters. The molecule has 1 aliphatic rings. The van der Waals surface area contributed by atoms with Crippen molar-refractivity contribution in [3.05, 3.63) is 29.3 Å². The van der Waals surface area contributed by atoms with Gasteiger partial charge in [0.25, 0.3) is 0 Å². The van der Waals surface area contributed by atoms with Gasteiger partial charge in [0.15, 0.2) is 0 Å². The van der Waals surface area contributed by atoms with Gasteiger partial charge in [-0.25, -0.2) is 0 Å². The van der Waals surface area contributed by atoms with E-state index in [2.05, 4.69) is 11.8 Å². The Kier molecular flexibility index (Phi) is 7.05. The zero-order chi connectivity index (χ0) is 16.7. The summed E-state index contributed by atoms with van der Waals surface area (Å²) in [5.74, 6) is 1.42. The molecule has 0 aliphatic carbocycles. The SMILES string of the molecule is CCCCOc1ccc(CC(=O)O)cc1CN1CCS(=O)CC1. The Hall–Kier alpha value is -1.40. The molecule has 128 valence electrons. The summed E-state index contributed by atoms with van der Waals surface area (Å²) in [5, 5.41) is 8.98. The predicted molar refractivity (Wildman–Crippen MR) is 91.3 cm³/mol. The van der Waals surface area contributed by atoms with Crippen molar-refractivity contribution >= 4 is 16.8 Å². The maximum atomic E-state index is 11.5. The molecule has 1 N–H and O–H groups in total. The van der Waals surface area contributed by atoms with Crippen LogP contribution in [0.15, 0.2) is 18.2 Å². The van der Waals surface area contributed by atoms with E-state index in [4.69, 9.17) is 9.84 Å². The average Bonchev–Trinajstić information content (AvgIpc) is 2.51. The minimum atomic E-state index is -0.830. The molecule has 0 bridgehead atoms. The molecule has 1 fully saturated rings. The molecule has 0 spiro atoms. The van der Waals surface area contributed by atoms with Gasteiger partial charge in [-0.2, -0.15) is 0 Å². The Morgan fingerprint density at radius 2 is 2.09 bits per heavy atom. The number of aliphatic carboxylic acids is 1. The first-order valence-electron chi connectivity index (χ1n) is 8.12. The highest BCUT2D eigenvalue weighted by Gasteiger charge is 2.17. The fourth-order valence-electron chi connectivity index (χ4n) is 2.58. The maximum Gasteiger partial charge on any atom is 0.307 e. The summed E-state index contributed by atoms with van der Waals surface area (Å²) in [7, 11) is -0.693. The van der Waals surface area contributed by atoms with Crippen molar-refractivity contribution in [2.45, 2.75) is 32.7 Å². The van der Waals surface area contributed by atoms with Crippen LogP contribution < -0.4 is 4.74 Å². The second kappa shape index (κ2) is 9.03. The molecule has 1 aromatic carbocycles. The lowest BCUT2D eigenvalue weighted by atomic mass is 10.1. The van der Waals surface area contributed by atoms with E-state index in [9.17, 15) is 9.00 Å². The number of hydrogen-bond donors (Lipinski definition) is 1. The molecule has 1 aliphatic heterocycles. The summed E-state index contributed by atoms with van der Waals surface area (Å²) in [6.07, 6.45) is 2.09. The van der Waals surface area contributed by atoms with E-state index in [1.54, 1.807) is 0 Å². The highest BCUT2D eigenvalue weighted by Crippen LogP contribution is 2.23. The molecule has 0 radical (unpaired) electrons. The molecule has 2 rings (SSSR count). The van der Waals surface area contributed by atoms with Crippen molar-refractivity contribution < 1.29 is 18.8 Å². The van der Waals surface area contributed by atoms with Crippen LogP contribution in [-0.4, -0.2) is 51.4 Å². The van der Waals surface area contributed by atoms with Crippen LogP contribution in [0.2, 0.25) is 0 Å². The average molecular weight is 339 g/mol. The lowest BCUT2D eigenvalue weighted by Crippen LogP contribution is -2.37. The van der Waals surface area contributed by atoms with Crippen LogP contribution in [0.3, 0.4) is 0 Å². The van der Waals surface area contributed by atoms with Gasteiger partial charge in [0.05, 0.1) is 13.0 Å². The number of carbonyl (C=O) groups is 1. The van der Waals surface area contributed by atoms with Gasteiger partial charge >= 0.3 is 5.97 Å². The summed E-state index contributed by atoms with van der Waals surface area (Å²) >= 11 is 0. The number of hydrogen-bond acceptors (Lipinski definition) is 4. The van der Waals surface area contributed by atoms with Crippen LogP contribution >= 0.6 is 0 Å². The van der Waals surface area contributed by atoms with Crippen molar-refractivity contribution in [2.75, 3.05) is 31.2 Å². The van der Waals surface area contributed by atoms with Gasteiger partial charge in [-0.05, 0) is 18.1 Å². The van der Waals surface area contributed by atoms with Crippen LogP contribution in [0.1, 0.15) is 30.9 Å². The van der Waals surface area contributed by atoms with Crippen LogP contribution in [0.5, 0.6) is 5.75 Å². The van der Waals surface area contributed by atoms with E-state index in [0.29, 0.717) is 24.7 Å². The monoisotopic (exact) mass is 339 g/mol. The third-order valence-electron chi connectivity index (χ3n) is 3.90. The molecule has 23 heavy (non-hydrogen) atoms. The summed E-state index contributed by atoms with van der Waals surface area (Å²) in [5.41, 5.74) is 1.81. The molecule has 1 aromatic rings. The van der Waals surface area contributed by atoms with Crippen LogP contribution in [-0.2, 0) is 28.6 Å². The molecular formula is C17H25NO4S. The second-order valence-corrected chi connectivity index (χ2v) is 7.53. The van der Waals surface area contributed by atoms with Crippen LogP contribution in [0.25, 0.3) is 0 Å². The van der Waals surface area contributed by atoms with Gasteiger partial charge in [0.2, 0.25) is 0 Å². The van der Waals surface area contributed by atoms with Crippen molar-refractivity contribution in [1.29, 1.82) is 0 Å². The molecule has 1 saturated heterocycles. The first kappa shape index (κ1) is 17.9. The molecular weight excluding hydrogens is 314 g/mol. The zero-order valence-electron chi connectivity index (χ0n) is 13.6. The van der Waals surface area contributed by atoms with E-state index in [1.165, 1.54) is 0 Å². The highest BCUT2D eigenvalue weighted by molar-refractivity contribution is 7.85. The molecule has 0 atom stereocenters. The standard InChI is InChI=1S/C17H25NO4S/c1-2-3-8-22-16-5-4-14(12-17(19)20)11-15(16)13-18-6-9-23(21)10-7-18/h4-5,11H,2-3,6-10,12-13H2,1H3,(H,19,20). The minimum absolute atomic E-state index is 0.0201. The van der Waals surface area contributed by atoms with Crippen molar-refractivity contribution in [2.24, 2.45) is 0 Å². The van der Waals surface area contributed by atoms with Gasteiger partial charge < -0.3 is 9.84 Å². The maximum absolute atomic E-state index is 11.5. The second-order valence-electron chi connectivity index (χ2n) is 5.84. The quantitative estimate of drug-likeness (QED) is 0.734. The molecule has 0 amide bonds. The Balaban J connectivity index is 2.10. The Labute approximate surface area is 140 Å². The van der Waals surface area contributed by atoms with Crippen LogP contribution in [0.4, 0.5) is 0 Å². The number of ether oxygens (including phenoxy) is 1. The zero-order valence-corrected chi connectivity index (χ0v) is 14.4. The minimum Gasteiger partial charge on any atom is -0.493 e. The third kappa shape index (κ3) is 5.95.